The van der Waals surface area contributed by atoms with E-state index in [-0.39, 0.29) is 0 Å². The van der Waals surface area contributed by atoms with Gasteiger partial charge in [0.25, 0.3) is 0 Å². The van der Waals surface area contributed by atoms with Crippen molar-refractivity contribution in [2.75, 3.05) is 25.0 Å². The van der Waals surface area contributed by atoms with Gasteiger partial charge >= 0.3 is 0 Å². The van der Waals surface area contributed by atoms with Crippen LogP contribution in [0.2, 0.25) is 0 Å². The molecule has 0 aromatic carbocycles. The molecule has 1 aliphatic heterocycles. The molecule has 0 radical (unpaired) electrons. The molecule has 0 atom stereocenters. The molecule has 4 N–H and O–H groups in total. The number of anilines is 1. The van der Waals surface area contributed by atoms with E-state index >= 15 is 0 Å². The van der Waals surface area contributed by atoms with Gasteiger partial charge in [0.2, 0.25) is 0 Å². The molecule has 0 saturated carbocycles. The van der Waals surface area contributed by atoms with Crippen molar-refractivity contribution in [3.05, 3.63) is 12.4 Å². The molecular weight excluding hydrogens is 216 g/mol. The van der Waals surface area contributed by atoms with E-state index in [1.807, 2.05) is 17.8 Å². The van der Waals surface area contributed by atoms with Gasteiger partial charge in [0, 0.05) is 12.7 Å². The van der Waals surface area contributed by atoms with Crippen LogP contribution in [0.25, 0.3) is 0 Å². The molecule has 94 valence electrons. The second-order valence-corrected chi connectivity index (χ2v) is 4.17. The minimum absolute atomic E-state index is 0.442. The zero-order chi connectivity index (χ0) is 12.1. The maximum atomic E-state index is 5.70. The van der Waals surface area contributed by atoms with Crippen LogP contribution in [0, 0.1) is 0 Å². The van der Waals surface area contributed by atoms with Crippen LogP contribution < -0.4 is 16.4 Å². The molecule has 0 spiro atoms. The largest absolute Gasteiger partial charge is 0.370 e. The highest BCUT2D eigenvalue weighted by molar-refractivity contribution is 5.91. The molecule has 17 heavy (non-hydrogen) atoms. The number of hydrogen-bond acceptors (Lipinski definition) is 3. The van der Waals surface area contributed by atoms with Gasteiger partial charge in [-0.15, -0.1) is 0 Å². The number of rotatable bonds is 3. The zero-order valence-electron chi connectivity index (χ0n) is 10.2. The van der Waals surface area contributed by atoms with Gasteiger partial charge in [0.05, 0.1) is 17.9 Å². The second-order valence-electron chi connectivity index (χ2n) is 4.17. The highest BCUT2D eigenvalue weighted by Crippen LogP contribution is 2.19. The fourth-order valence-corrected chi connectivity index (χ4v) is 2.03. The summed E-state index contributed by atoms with van der Waals surface area (Å²) in [4.78, 5) is 4.08. The van der Waals surface area contributed by atoms with Crippen molar-refractivity contribution in [1.82, 2.24) is 15.1 Å². The first-order valence-electron chi connectivity index (χ1n) is 6.11. The fraction of sp³-hybridized carbons (Fsp3) is 0.636. The van der Waals surface area contributed by atoms with Gasteiger partial charge in [0.1, 0.15) is 0 Å². The van der Waals surface area contributed by atoms with Crippen LogP contribution in [0.1, 0.15) is 25.8 Å². The molecule has 0 amide bonds. The minimum atomic E-state index is 0.442. The van der Waals surface area contributed by atoms with Crippen molar-refractivity contribution in [3.63, 3.8) is 0 Å². The third-order valence-corrected chi connectivity index (χ3v) is 2.89. The average Bonchev–Trinajstić information content (AvgIpc) is 2.79. The topological polar surface area (TPSA) is 80.3 Å². The monoisotopic (exact) mass is 236 g/mol. The molecule has 6 nitrogen and oxygen atoms in total. The molecule has 1 aliphatic rings. The van der Waals surface area contributed by atoms with Crippen LogP contribution >= 0.6 is 0 Å². The maximum Gasteiger partial charge on any atom is 0.193 e. The molecule has 1 aromatic heterocycles. The Hall–Kier alpha value is -1.56. The summed E-state index contributed by atoms with van der Waals surface area (Å²) in [6.45, 7) is 4.76. The van der Waals surface area contributed by atoms with Crippen molar-refractivity contribution < 1.29 is 0 Å². The molecule has 0 unspecified atom stereocenters. The smallest absolute Gasteiger partial charge is 0.193 e. The molecule has 1 aromatic rings. The Kier molecular flexibility index (Phi) is 3.98. The summed E-state index contributed by atoms with van der Waals surface area (Å²) in [5.74, 6) is 0.442. The lowest BCUT2D eigenvalue weighted by Gasteiger charge is -2.22. The average molecular weight is 236 g/mol. The van der Waals surface area contributed by atoms with Gasteiger partial charge in [-0.1, -0.05) is 0 Å². The van der Waals surface area contributed by atoms with Crippen molar-refractivity contribution in [1.29, 1.82) is 0 Å². The fourth-order valence-electron chi connectivity index (χ4n) is 2.03. The molecule has 1 saturated heterocycles. The minimum Gasteiger partial charge on any atom is -0.370 e. The van der Waals surface area contributed by atoms with Gasteiger partial charge in [0.15, 0.2) is 5.96 Å². The quantitative estimate of drug-likeness (QED) is 0.529. The lowest BCUT2D eigenvalue weighted by Crippen LogP contribution is -2.29. The van der Waals surface area contributed by atoms with Gasteiger partial charge in [-0.05, 0) is 32.9 Å². The third kappa shape index (κ3) is 3.20. The first kappa shape index (κ1) is 11.9. The summed E-state index contributed by atoms with van der Waals surface area (Å²) in [7, 11) is 0. The summed E-state index contributed by atoms with van der Waals surface area (Å²) in [5.41, 5.74) is 6.60. The number of nitrogens with one attached hydrogen (secondary N) is 2. The number of nitrogens with zero attached hydrogens (tertiary/aromatic N) is 3. The summed E-state index contributed by atoms with van der Waals surface area (Å²) >= 11 is 0. The van der Waals surface area contributed by atoms with E-state index in [0.717, 1.165) is 31.6 Å². The van der Waals surface area contributed by atoms with Crippen LogP contribution in [0.3, 0.4) is 0 Å². The highest BCUT2D eigenvalue weighted by atomic mass is 15.3. The Morgan fingerprint density at radius 2 is 2.41 bits per heavy atom. The van der Waals surface area contributed by atoms with E-state index in [0.29, 0.717) is 18.5 Å². The van der Waals surface area contributed by atoms with Gasteiger partial charge in [-0.3, -0.25) is 9.67 Å². The van der Waals surface area contributed by atoms with E-state index < -0.39 is 0 Å². The number of nitrogens with two attached hydrogens (primary N) is 1. The molecule has 6 heteroatoms. The molecule has 2 heterocycles. The lowest BCUT2D eigenvalue weighted by molar-refractivity contribution is 0.343. The Bertz CT molecular complexity index is 377. The predicted octanol–water partition coefficient (Wildman–Crippen LogP) is 0.554. The number of guanidine groups is 1. The number of hydrogen-bond donors (Lipinski definition) is 3. The lowest BCUT2D eigenvalue weighted by atomic mass is 10.1. The maximum absolute atomic E-state index is 5.70. The normalized spacial score (nSPS) is 18.3. The van der Waals surface area contributed by atoms with Gasteiger partial charge in [-0.2, -0.15) is 5.10 Å². The summed E-state index contributed by atoms with van der Waals surface area (Å²) in [6.07, 6.45) is 6.04. The van der Waals surface area contributed by atoms with Crippen LogP contribution in [0.4, 0.5) is 5.69 Å². The first-order chi connectivity index (χ1) is 8.29. The van der Waals surface area contributed by atoms with Crippen LogP contribution in [0.15, 0.2) is 17.4 Å². The number of aromatic nitrogens is 2. The highest BCUT2D eigenvalue weighted by Gasteiger charge is 2.15. The van der Waals surface area contributed by atoms with E-state index in [1.165, 1.54) is 0 Å². The van der Waals surface area contributed by atoms with Crippen molar-refractivity contribution in [2.45, 2.75) is 25.8 Å². The van der Waals surface area contributed by atoms with Crippen LogP contribution in [-0.4, -0.2) is 35.4 Å². The Morgan fingerprint density at radius 3 is 3.12 bits per heavy atom. The Morgan fingerprint density at radius 1 is 1.65 bits per heavy atom. The molecule has 2 rings (SSSR count). The Labute approximate surface area is 101 Å². The molecular formula is C11H20N6. The number of piperidine rings is 1. The third-order valence-electron chi connectivity index (χ3n) is 2.89. The summed E-state index contributed by atoms with van der Waals surface area (Å²) in [6, 6.07) is 0.496. The standard InChI is InChI=1S/C11H20N6/c1-2-14-11(12)16-9-7-15-17(8-9)10-3-5-13-6-4-10/h7-8,10,13H,2-6H2,1H3,(H3,12,14,16). The van der Waals surface area contributed by atoms with E-state index in [9.17, 15) is 0 Å². The van der Waals surface area contributed by atoms with Crippen LogP contribution in [0.5, 0.6) is 0 Å². The zero-order valence-corrected chi connectivity index (χ0v) is 10.2. The molecule has 1 fully saturated rings. The summed E-state index contributed by atoms with van der Waals surface area (Å²) < 4.78 is 2.02. The second kappa shape index (κ2) is 5.67. The number of aliphatic imine (C=N–C) groups is 1. The van der Waals surface area contributed by atoms with Gasteiger partial charge < -0.3 is 16.4 Å². The predicted molar refractivity (Wildman–Crippen MR) is 69.2 cm³/mol. The van der Waals surface area contributed by atoms with E-state index in [2.05, 4.69) is 20.7 Å². The molecule has 0 bridgehead atoms. The van der Waals surface area contributed by atoms with Crippen molar-refractivity contribution >= 4 is 11.6 Å². The van der Waals surface area contributed by atoms with Crippen molar-refractivity contribution in [3.8, 4) is 0 Å². The van der Waals surface area contributed by atoms with E-state index in [4.69, 9.17) is 5.73 Å². The molecule has 0 aliphatic carbocycles. The summed E-state index contributed by atoms with van der Waals surface area (Å²) in [5, 5.41) is 10.7. The van der Waals surface area contributed by atoms with Crippen molar-refractivity contribution in [2.24, 2.45) is 10.7 Å². The SMILES string of the molecule is CC/N=C(\N)Nc1cnn(C2CCNCC2)c1. The Balaban J connectivity index is 1.97. The van der Waals surface area contributed by atoms with Crippen LogP contribution in [-0.2, 0) is 0 Å². The first-order valence-corrected chi connectivity index (χ1v) is 6.11. The van der Waals surface area contributed by atoms with Gasteiger partial charge in [-0.25, -0.2) is 0 Å². The van der Waals surface area contributed by atoms with E-state index in [1.54, 1.807) is 6.20 Å².